The molecule has 0 aromatic heterocycles. The lowest BCUT2D eigenvalue weighted by atomic mass is 9.56. The van der Waals surface area contributed by atoms with Crippen molar-refractivity contribution in [1.82, 2.24) is 4.90 Å². The van der Waals surface area contributed by atoms with Crippen molar-refractivity contribution in [1.29, 1.82) is 0 Å². The Hall–Kier alpha value is -12.2. The van der Waals surface area contributed by atoms with Gasteiger partial charge in [0.15, 0.2) is 34.7 Å². The van der Waals surface area contributed by atoms with Crippen LogP contribution in [-0.4, -0.2) is 53.7 Å². The number of benzene rings is 13. The number of likely N-dealkylation sites (N-methyl/N-ethyl adjacent to an activating group) is 1. The highest BCUT2D eigenvalue weighted by Gasteiger charge is 2.59. The molecule has 13 rings (SSSR count). The molecule has 6 atom stereocenters. The zero-order valence-electron chi connectivity index (χ0n) is 55.6. The molecule has 6 unspecified atom stereocenters. The average Bonchev–Trinajstić information content (AvgIpc) is 0.689. The number of carbonyl (C=O) groups excluding carboxylic acids is 6. The Kier molecular flexibility index (Phi) is 20.3. The van der Waals surface area contributed by atoms with Crippen molar-refractivity contribution >= 4 is 34.7 Å². The lowest BCUT2D eigenvalue weighted by Gasteiger charge is -2.52. The predicted molar refractivity (Wildman–Crippen MR) is 398 cm³/mol. The number of rotatable bonds is 26. The highest BCUT2D eigenvalue weighted by molar-refractivity contribution is 6.11. The summed E-state index contributed by atoms with van der Waals surface area (Å²) >= 11 is 0. The van der Waals surface area contributed by atoms with Gasteiger partial charge < -0.3 is 0 Å². The lowest BCUT2D eigenvalue weighted by Crippen LogP contribution is -2.56. The number of ketones is 6. The zero-order chi connectivity index (χ0) is 69.0. The highest BCUT2D eigenvalue weighted by Crippen LogP contribution is 2.59. The molecule has 13 aromatic rings. The fourth-order valence-corrected chi connectivity index (χ4v) is 15.0. The molecule has 0 N–H and O–H groups in total. The summed E-state index contributed by atoms with van der Waals surface area (Å²) in [6, 6.07) is 113. The van der Waals surface area contributed by atoms with E-state index in [2.05, 4.69) is 0 Å². The van der Waals surface area contributed by atoms with Gasteiger partial charge >= 0.3 is 0 Å². The summed E-state index contributed by atoms with van der Waals surface area (Å²) < 4.78 is 0. The molecule has 0 radical (unpaired) electrons. The second-order valence-electron chi connectivity index (χ2n) is 25.4. The normalized spacial score (nSPS) is 13.7. The van der Waals surface area contributed by atoms with Gasteiger partial charge in [0.2, 0.25) is 0 Å². The first-order valence-corrected chi connectivity index (χ1v) is 33.8. The molecule has 0 amide bonds. The summed E-state index contributed by atoms with van der Waals surface area (Å²) in [6.07, 6.45) is 0. The van der Waals surface area contributed by atoms with Gasteiger partial charge in [-0.1, -0.05) is 370 Å². The van der Waals surface area contributed by atoms with E-state index in [-0.39, 0.29) is 45.6 Å². The largest absolute Gasteiger partial charge is 0.298 e. The van der Waals surface area contributed by atoms with Gasteiger partial charge in [-0.25, -0.2) is 0 Å². The molecule has 0 saturated heterocycles. The number of hydrogen-bond donors (Lipinski definition) is 0. The molecule has 7 nitrogen and oxygen atoms in total. The van der Waals surface area contributed by atoms with E-state index in [1.165, 1.54) is 0 Å². The molecule has 0 aliphatic rings. The lowest BCUT2D eigenvalue weighted by molar-refractivity contribution is 0.0513. The maximum absolute atomic E-state index is 17.6. The Bertz CT molecular complexity index is 4850. The van der Waals surface area contributed by atoms with E-state index in [1.807, 2.05) is 316 Å². The summed E-state index contributed by atoms with van der Waals surface area (Å²) in [4.78, 5) is 107. The molecule has 13 aromatic carbocycles. The second kappa shape index (κ2) is 30.5. The van der Waals surface area contributed by atoms with E-state index in [4.69, 9.17) is 0 Å². The van der Waals surface area contributed by atoms with Crippen molar-refractivity contribution in [2.45, 2.75) is 41.0 Å². The fourth-order valence-electron chi connectivity index (χ4n) is 15.0. The number of carbonyl (C=O) groups is 6. The van der Waals surface area contributed by atoms with E-state index < -0.39 is 46.8 Å². The Morgan fingerprint density at radius 2 is 0.430 bits per heavy atom. The topological polar surface area (TPSA) is 106 Å². The van der Waals surface area contributed by atoms with Crippen molar-refractivity contribution in [2.24, 2.45) is 0 Å². The minimum absolute atomic E-state index is 0.245. The number of Topliss-reactive ketones (excluding diaryl/α,β-unsaturated/α-hetero) is 6. The molecule has 0 saturated carbocycles. The standard InChI is InChI=1S/C93H73NO6/c1-94(2)93(85(68-47-23-7-24-48-68)91(99)74-59-35-13-36-60-74,86(69-49-25-8-26-50-69)92(100)75-61-37-14-38-62-75)77-63-76(78(64-39-15-3-16-40-64)87(95)70-51-27-9-28-52-70)82(79(65-41-17-4-18-42-65)88(96)71-53-29-10-30-54-71)84(81(67-45-21-6-22-46-67)90(98)73-57-33-12-34-58-73)83(77)80(66-43-19-5-20-44-66)89(97)72-55-31-11-32-56-72/h3-63,78-81,85-86H,1-2H3. The molecule has 0 fully saturated rings. The summed E-state index contributed by atoms with van der Waals surface area (Å²) in [5, 5.41) is 0. The third-order valence-corrected chi connectivity index (χ3v) is 19.4. The molecule has 0 bridgehead atoms. The van der Waals surface area contributed by atoms with E-state index in [1.54, 1.807) is 72.8 Å². The third-order valence-electron chi connectivity index (χ3n) is 19.4. The van der Waals surface area contributed by atoms with Crippen molar-refractivity contribution in [3.8, 4) is 0 Å². The van der Waals surface area contributed by atoms with Gasteiger partial charge in [0.1, 0.15) is 0 Å². The van der Waals surface area contributed by atoms with Crippen molar-refractivity contribution in [3.05, 3.63) is 465 Å². The SMILES string of the molecule is CN(C)C(c1cc(C(C(=O)c2ccccc2)c2ccccc2)c(C(C(=O)c2ccccc2)c2ccccc2)c(C(C(=O)c2ccccc2)c2ccccc2)c1C(C(=O)c1ccccc1)c1ccccc1)(C(C(=O)c1ccccc1)c1ccccc1)C(C(=O)c1ccccc1)c1ccccc1. The smallest absolute Gasteiger partial charge is 0.174 e. The van der Waals surface area contributed by atoms with Crippen molar-refractivity contribution in [2.75, 3.05) is 14.1 Å². The summed E-state index contributed by atoms with van der Waals surface area (Å²) in [7, 11) is 3.77. The molecule has 0 spiro atoms. The number of hydrogen-bond acceptors (Lipinski definition) is 7. The molecule has 486 valence electrons. The van der Waals surface area contributed by atoms with Gasteiger partial charge in [0.25, 0.3) is 0 Å². The number of nitrogens with zero attached hydrogens (tertiary/aromatic N) is 1. The summed E-state index contributed by atoms with van der Waals surface area (Å²) in [5.41, 5.74) is 4.43. The monoisotopic (exact) mass is 1300 g/mol. The van der Waals surface area contributed by atoms with Crippen molar-refractivity contribution < 1.29 is 28.8 Å². The maximum atomic E-state index is 17.6. The van der Waals surface area contributed by atoms with Crippen LogP contribution in [0.25, 0.3) is 0 Å². The van der Waals surface area contributed by atoms with E-state index in [9.17, 15) is 0 Å². The van der Waals surface area contributed by atoms with Gasteiger partial charge in [0.05, 0.1) is 41.0 Å². The first kappa shape index (κ1) is 66.5. The summed E-state index contributed by atoms with van der Waals surface area (Å²) in [6.45, 7) is 0. The van der Waals surface area contributed by atoms with E-state index >= 15 is 28.8 Å². The molecular weight excluding hydrogens is 1230 g/mol. The molecule has 0 aliphatic carbocycles. The van der Waals surface area contributed by atoms with Gasteiger partial charge in [-0.2, -0.15) is 0 Å². The zero-order valence-corrected chi connectivity index (χ0v) is 55.6. The van der Waals surface area contributed by atoms with Crippen LogP contribution in [0.5, 0.6) is 0 Å². The van der Waals surface area contributed by atoms with Crippen LogP contribution in [0.2, 0.25) is 0 Å². The first-order chi connectivity index (χ1) is 49.1. The first-order valence-electron chi connectivity index (χ1n) is 33.8. The quantitative estimate of drug-likeness (QED) is 0.0497. The van der Waals surface area contributed by atoms with Gasteiger partial charge in [-0.05, 0) is 75.3 Å². The van der Waals surface area contributed by atoms with E-state index in [0.717, 1.165) is 0 Å². The minimum atomic E-state index is -2.08. The Balaban J connectivity index is 1.41. The third kappa shape index (κ3) is 13.3. The minimum Gasteiger partial charge on any atom is -0.298 e. The van der Waals surface area contributed by atoms with Gasteiger partial charge in [0, 0.05) is 33.4 Å². The van der Waals surface area contributed by atoms with Crippen LogP contribution in [0.15, 0.2) is 370 Å². The molecule has 7 heteroatoms. The summed E-state index contributed by atoms with van der Waals surface area (Å²) in [5.74, 6) is -10.6. The Morgan fingerprint density at radius 3 is 0.690 bits per heavy atom. The van der Waals surface area contributed by atoms with Crippen LogP contribution in [0.1, 0.15) is 159 Å². The van der Waals surface area contributed by atoms with Crippen LogP contribution in [0.3, 0.4) is 0 Å². The fraction of sp³-hybridized carbons (Fsp3) is 0.0968. The van der Waals surface area contributed by atoms with Crippen LogP contribution in [0.4, 0.5) is 0 Å². The van der Waals surface area contributed by atoms with Crippen LogP contribution in [0, 0.1) is 0 Å². The average molecular weight is 1300 g/mol. The molecule has 0 aliphatic heterocycles. The van der Waals surface area contributed by atoms with Crippen LogP contribution >= 0.6 is 0 Å². The highest BCUT2D eigenvalue weighted by atomic mass is 16.1. The van der Waals surface area contributed by atoms with E-state index in [0.29, 0.717) is 77.9 Å². The van der Waals surface area contributed by atoms with Crippen LogP contribution < -0.4 is 0 Å². The van der Waals surface area contributed by atoms with Gasteiger partial charge in [-0.15, -0.1) is 0 Å². The molecule has 100 heavy (non-hydrogen) atoms. The Labute approximate surface area is 584 Å². The molecular formula is C93H73NO6. The maximum Gasteiger partial charge on any atom is 0.174 e. The predicted octanol–water partition coefficient (Wildman–Crippen LogP) is 19.8. The van der Waals surface area contributed by atoms with Gasteiger partial charge in [-0.3, -0.25) is 33.7 Å². The molecule has 0 heterocycles. The van der Waals surface area contributed by atoms with Crippen molar-refractivity contribution in [3.63, 3.8) is 0 Å². The van der Waals surface area contributed by atoms with Crippen LogP contribution in [-0.2, 0) is 5.54 Å². The Morgan fingerprint density at radius 1 is 0.230 bits per heavy atom. The second-order valence-corrected chi connectivity index (χ2v) is 25.4.